The molecule has 0 saturated carbocycles. The number of carbonyl (C=O) groups is 1. The first-order valence-electron chi connectivity index (χ1n) is 6.63. The second kappa shape index (κ2) is 7.56. The molecule has 0 aliphatic heterocycles. The quantitative estimate of drug-likeness (QED) is 0.368. The molecule has 0 fully saturated rings. The minimum atomic E-state index is -0.471. The van der Waals surface area contributed by atoms with E-state index in [1.807, 2.05) is 24.5 Å². The average molecular weight is 316 g/mol. The maximum absolute atomic E-state index is 12.0. The first-order valence-corrected chi connectivity index (χ1v) is 7.86. The minimum absolute atomic E-state index is 0.278. The molecule has 2 rings (SSSR count). The molecule has 0 radical (unpaired) electrons. The molecule has 6 nitrogen and oxygen atoms in total. The number of rotatable bonds is 6. The van der Waals surface area contributed by atoms with Gasteiger partial charge >= 0.3 is 5.97 Å². The summed E-state index contributed by atoms with van der Waals surface area (Å²) in [5.74, 6) is -0.0826. The number of nitrogens with one attached hydrogen (secondary N) is 2. The standard InChI is InChI=1S/C15H16N4O2S/c1-3-21-14(20)12-9-17-15(22-2)19-13(12)18-11-6-4-5-10(7-11)8-16/h4-9,16H,3H2,1-2H3,(H,17,18,19). The number of aromatic nitrogens is 2. The lowest BCUT2D eigenvalue weighted by molar-refractivity contribution is 0.0526. The summed E-state index contributed by atoms with van der Waals surface area (Å²) in [5.41, 5.74) is 1.76. The molecular weight excluding hydrogens is 300 g/mol. The Bertz CT molecular complexity index is 691. The van der Waals surface area contributed by atoms with Crippen molar-refractivity contribution in [3.05, 3.63) is 41.6 Å². The first-order chi connectivity index (χ1) is 10.7. The van der Waals surface area contributed by atoms with Gasteiger partial charge in [-0.15, -0.1) is 0 Å². The summed E-state index contributed by atoms with van der Waals surface area (Å²) in [6, 6.07) is 7.27. The number of nitrogens with zero attached hydrogens (tertiary/aromatic N) is 2. The van der Waals surface area contributed by atoms with Gasteiger partial charge in [0.1, 0.15) is 11.4 Å². The molecule has 0 aliphatic carbocycles. The van der Waals surface area contributed by atoms with Gasteiger partial charge in [0.05, 0.1) is 6.61 Å². The van der Waals surface area contributed by atoms with Crippen molar-refractivity contribution in [2.75, 3.05) is 18.2 Å². The zero-order chi connectivity index (χ0) is 15.9. The van der Waals surface area contributed by atoms with E-state index in [4.69, 9.17) is 10.1 Å². The number of hydrogen-bond donors (Lipinski definition) is 2. The fourth-order valence-electron chi connectivity index (χ4n) is 1.76. The number of esters is 1. The molecule has 2 N–H and O–H groups in total. The van der Waals surface area contributed by atoms with Crippen molar-refractivity contribution in [1.29, 1.82) is 5.41 Å². The summed E-state index contributed by atoms with van der Waals surface area (Å²) in [6.45, 7) is 2.03. The van der Waals surface area contributed by atoms with Crippen LogP contribution >= 0.6 is 11.8 Å². The van der Waals surface area contributed by atoms with Crippen molar-refractivity contribution < 1.29 is 9.53 Å². The van der Waals surface area contributed by atoms with Crippen LogP contribution in [-0.4, -0.2) is 35.0 Å². The Morgan fingerprint density at radius 2 is 2.32 bits per heavy atom. The molecule has 22 heavy (non-hydrogen) atoms. The van der Waals surface area contributed by atoms with Crippen LogP contribution in [0.25, 0.3) is 0 Å². The van der Waals surface area contributed by atoms with E-state index in [0.717, 1.165) is 11.3 Å². The van der Waals surface area contributed by atoms with Gasteiger partial charge in [0.25, 0.3) is 0 Å². The van der Waals surface area contributed by atoms with Crippen LogP contribution < -0.4 is 5.32 Å². The van der Waals surface area contributed by atoms with Crippen LogP contribution in [0.15, 0.2) is 35.6 Å². The van der Waals surface area contributed by atoms with Crippen LogP contribution in [0.3, 0.4) is 0 Å². The highest BCUT2D eigenvalue weighted by atomic mass is 32.2. The van der Waals surface area contributed by atoms with E-state index in [-0.39, 0.29) is 12.2 Å². The molecule has 0 bridgehead atoms. The zero-order valence-electron chi connectivity index (χ0n) is 12.3. The molecule has 1 aromatic heterocycles. The van der Waals surface area contributed by atoms with E-state index in [9.17, 15) is 4.79 Å². The topological polar surface area (TPSA) is 88.0 Å². The smallest absolute Gasteiger partial charge is 0.343 e. The number of ether oxygens (including phenoxy) is 1. The first kappa shape index (κ1) is 16.0. The van der Waals surface area contributed by atoms with Crippen LogP contribution in [0.1, 0.15) is 22.8 Å². The number of thioether (sulfide) groups is 1. The molecule has 114 valence electrons. The van der Waals surface area contributed by atoms with Gasteiger partial charge < -0.3 is 15.5 Å². The van der Waals surface area contributed by atoms with E-state index < -0.39 is 5.97 Å². The minimum Gasteiger partial charge on any atom is -0.462 e. The van der Waals surface area contributed by atoms with Gasteiger partial charge in [-0.1, -0.05) is 23.9 Å². The molecule has 7 heteroatoms. The van der Waals surface area contributed by atoms with E-state index in [0.29, 0.717) is 11.0 Å². The van der Waals surface area contributed by atoms with Crippen molar-refractivity contribution in [1.82, 2.24) is 9.97 Å². The van der Waals surface area contributed by atoms with Crippen molar-refractivity contribution >= 4 is 35.5 Å². The molecule has 0 spiro atoms. The van der Waals surface area contributed by atoms with Gasteiger partial charge in [0.15, 0.2) is 5.16 Å². The Hall–Kier alpha value is -2.41. The molecule has 1 aromatic carbocycles. The van der Waals surface area contributed by atoms with Crippen LogP contribution in [0.5, 0.6) is 0 Å². The molecule has 0 unspecified atom stereocenters. The van der Waals surface area contributed by atoms with E-state index in [1.54, 1.807) is 13.0 Å². The molecular formula is C15H16N4O2S. The fraction of sp³-hybridized carbons (Fsp3) is 0.200. The maximum Gasteiger partial charge on any atom is 0.343 e. The summed E-state index contributed by atoms with van der Waals surface area (Å²) >= 11 is 1.38. The van der Waals surface area contributed by atoms with Crippen molar-refractivity contribution in [2.45, 2.75) is 12.1 Å². The third-order valence-electron chi connectivity index (χ3n) is 2.76. The number of benzene rings is 1. The van der Waals surface area contributed by atoms with E-state index >= 15 is 0 Å². The van der Waals surface area contributed by atoms with Crippen LogP contribution in [0.2, 0.25) is 0 Å². The lowest BCUT2D eigenvalue weighted by Crippen LogP contribution is -2.10. The Labute approximate surface area is 132 Å². The van der Waals surface area contributed by atoms with Gasteiger partial charge in [-0.05, 0) is 30.9 Å². The van der Waals surface area contributed by atoms with Crippen LogP contribution in [0.4, 0.5) is 11.5 Å². The van der Waals surface area contributed by atoms with Crippen molar-refractivity contribution in [2.24, 2.45) is 0 Å². The SMILES string of the molecule is CCOC(=O)c1cnc(SC)nc1Nc1cccc(C=N)c1. The number of hydrogen-bond acceptors (Lipinski definition) is 7. The van der Waals surface area contributed by atoms with E-state index in [2.05, 4.69) is 15.3 Å². The Balaban J connectivity index is 2.38. The molecule has 0 amide bonds. The summed E-state index contributed by atoms with van der Waals surface area (Å²) < 4.78 is 5.02. The average Bonchev–Trinajstić information content (AvgIpc) is 2.55. The highest BCUT2D eigenvalue weighted by Crippen LogP contribution is 2.22. The van der Waals surface area contributed by atoms with Gasteiger partial charge in [0.2, 0.25) is 0 Å². The monoisotopic (exact) mass is 316 g/mol. The predicted octanol–water partition coefficient (Wildman–Crippen LogP) is 3.12. The molecule has 1 heterocycles. The largest absolute Gasteiger partial charge is 0.462 e. The lowest BCUT2D eigenvalue weighted by atomic mass is 10.2. The Morgan fingerprint density at radius 3 is 3.00 bits per heavy atom. The molecule has 2 aromatic rings. The molecule has 0 aliphatic rings. The zero-order valence-corrected chi connectivity index (χ0v) is 13.1. The highest BCUT2D eigenvalue weighted by molar-refractivity contribution is 7.98. The second-order valence-corrected chi connectivity index (χ2v) is 5.01. The summed E-state index contributed by atoms with van der Waals surface area (Å²) in [4.78, 5) is 20.4. The van der Waals surface area contributed by atoms with Gasteiger partial charge in [-0.2, -0.15) is 0 Å². The third-order valence-corrected chi connectivity index (χ3v) is 3.32. The normalized spacial score (nSPS) is 10.1. The van der Waals surface area contributed by atoms with Gasteiger partial charge in [-0.25, -0.2) is 14.8 Å². The van der Waals surface area contributed by atoms with Crippen LogP contribution in [0, 0.1) is 5.41 Å². The summed E-state index contributed by atoms with van der Waals surface area (Å²) in [7, 11) is 0. The highest BCUT2D eigenvalue weighted by Gasteiger charge is 2.16. The number of anilines is 2. The fourth-order valence-corrected chi connectivity index (χ4v) is 2.10. The van der Waals surface area contributed by atoms with Crippen LogP contribution in [-0.2, 0) is 4.74 Å². The van der Waals surface area contributed by atoms with E-state index in [1.165, 1.54) is 24.2 Å². The Morgan fingerprint density at radius 1 is 1.50 bits per heavy atom. The predicted molar refractivity (Wildman–Crippen MR) is 87.4 cm³/mol. The van der Waals surface area contributed by atoms with Crippen molar-refractivity contribution in [3.8, 4) is 0 Å². The van der Waals surface area contributed by atoms with Gasteiger partial charge in [-0.3, -0.25) is 0 Å². The molecule has 0 atom stereocenters. The third kappa shape index (κ3) is 3.82. The number of carbonyl (C=O) groups excluding carboxylic acids is 1. The van der Waals surface area contributed by atoms with Gasteiger partial charge in [0, 0.05) is 18.1 Å². The summed E-state index contributed by atoms with van der Waals surface area (Å²) in [5, 5.41) is 10.9. The Kier molecular flexibility index (Phi) is 5.48. The lowest BCUT2D eigenvalue weighted by Gasteiger charge is -2.11. The van der Waals surface area contributed by atoms with Crippen molar-refractivity contribution in [3.63, 3.8) is 0 Å². The maximum atomic E-state index is 12.0. The molecule has 0 saturated heterocycles. The second-order valence-electron chi connectivity index (χ2n) is 4.23. The summed E-state index contributed by atoms with van der Waals surface area (Å²) in [6.07, 6.45) is 4.57.